The minimum Gasteiger partial charge on any atom is -0.315 e. The van der Waals surface area contributed by atoms with Crippen molar-refractivity contribution in [2.75, 3.05) is 26.2 Å². The minimum absolute atomic E-state index is 0.742. The molecule has 0 aliphatic heterocycles. The van der Waals surface area contributed by atoms with Gasteiger partial charge >= 0.3 is 0 Å². The normalized spacial score (nSPS) is 11.1. The van der Waals surface area contributed by atoms with Crippen molar-refractivity contribution in [2.45, 2.75) is 33.6 Å². The summed E-state index contributed by atoms with van der Waals surface area (Å²) in [7, 11) is 0. The predicted octanol–water partition coefficient (Wildman–Crippen LogP) is 2.76. The third-order valence-electron chi connectivity index (χ3n) is 3.09. The van der Waals surface area contributed by atoms with E-state index in [2.05, 4.69) is 55.7 Å². The quantitative estimate of drug-likeness (QED) is 0.657. The smallest absolute Gasteiger partial charge is 0.00768 e. The number of benzene rings is 1. The Morgan fingerprint density at radius 2 is 1.72 bits per heavy atom. The van der Waals surface area contributed by atoms with Crippen molar-refractivity contribution in [3.05, 3.63) is 35.4 Å². The van der Waals surface area contributed by atoms with Gasteiger partial charge in [0.1, 0.15) is 0 Å². The first-order valence-electron chi connectivity index (χ1n) is 7.16. The van der Waals surface area contributed by atoms with Gasteiger partial charge in [0.15, 0.2) is 0 Å². The van der Waals surface area contributed by atoms with Crippen molar-refractivity contribution in [3.8, 4) is 0 Å². The van der Waals surface area contributed by atoms with Gasteiger partial charge in [-0.3, -0.25) is 0 Å². The molecule has 0 aliphatic carbocycles. The van der Waals surface area contributed by atoms with Gasteiger partial charge in [-0.1, -0.05) is 38.1 Å². The second-order valence-corrected chi connectivity index (χ2v) is 5.38. The monoisotopic (exact) mass is 248 g/mol. The van der Waals surface area contributed by atoms with E-state index in [4.69, 9.17) is 0 Å². The molecule has 0 saturated carbocycles. The SMILES string of the molecule is Cc1ccccc1CCCNCCNCC(C)C. The Morgan fingerprint density at radius 3 is 2.44 bits per heavy atom. The summed E-state index contributed by atoms with van der Waals surface area (Å²) in [6.45, 7) is 11.0. The lowest BCUT2D eigenvalue weighted by molar-refractivity contribution is 0.532. The molecule has 0 unspecified atom stereocenters. The lowest BCUT2D eigenvalue weighted by atomic mass is 10.0. The fraction of sp³-hybridized carbons (Fsp3) is 0.625. The molecule has 0 aliphatic rings. The van der Waals surface area contributed by atoms with Gasteiger partial charge in [-0.25, -0.2) is 0 Å². The molecular weight excluding hydrogens is 220 g/mol. The maximum atomic E-state index is 3.49. The largest absolute Gasteiger partial charge is 0.315 e. The zero-order valence-electron chi connectivity index (χ0n) is 12.1. The summed E-state index contributed by atoms with van der Waals surface area (Å²) in [5, 5.41) is 6.93. The molecule has 102 valence electrons. The zero-order chi connectivity index (χ0) is 13.2. The lowest BCUT2D eigenvalue weighted by Gasteiger charge is -2.09. The highest BCUT2D eigenvalue weighted by Crippen LogP contribution is 2.08. The first-order valence-corrected chi connectivity index (χ1v) is 7.16. The fourth-order valence-electron chi connectivity index (χ4n) is 1.99. The highest BCUT2D eigenvalue weighted by Gasteiger charge is 1.96. The van der Waals surface area contributed by atoms with Gasteiger partial charge in [0.25, 0.3) is 0 Å². The Labute approximate surface area is 112 Å². The Kier molecular flexibility index (Phi) is 7.70. The lowest BCUT2D eigenvalue weighted by Crippen LogP contribution is -2.30. The number of hydrogen-bond acceptors (Lipinski definition) is 2. The number of hydrogen-bond donors (Lipinski definition) is 2. The van der Waals surface area contributed by atoms with Crippen molar-refractivity contribution < 1.29 is 0 Å². The standard InChI is InChI=1S/C16H28N2/c1-14(2)13-18-12-11-17-10-6-9-16-8-5-4-7-15(16)3/h4-5,7-8,14,17-18H,6,9-13H2,1-3H3. The minimum atomic E-state index is 0.742. The van der Waals surface area contributed by atoms with Crippen LogP contribution in [-0.4, -0.2) is 26.2 Å². The van der Waals surface area contributed by atoms with Crippen LogP contribution in [0.3, 0.4) is 0 Å². The Balaban J connectivity index is 1.98. The van der Waals surface area contributed by atoms with Crippen molar-refractivity contribution >= 4 is 0 Å². The Bertz CT molecular complexity index is 321. The van der Waals surface area contributed by atoms with Gasteiger partial charge in [-0.15, -0.1) is 0 Å². The van der Waals surface area contributed by atoms with Crippen LogP contribution in [0.4, 0.5) is 0 Å². The van der Waals surface area contributed by atoms with Crippen LogP contribution in [0, 0.1) is 12.8 Å². The second-order valence-electron chi connectivity index (χ2n) is 5.38. The predicted molar refractivity (Wildman–Crippen MR) is 80.1 cm³/mol. The van der Waals surface area contributed by atoms with Crippen LogP contribution >= 0.6 is 0 Å². The molecule has 0 atom stereocenters. The van der Waals surface area contributed by atoms with Crippen LogP contribution in [0.5, 0.6) is 0 Å². The van der Waals surface area contributed by atoms with E-state index in [-0.39, 0.29) is 0 Å². The van der Waals surface area contributed by atoms with Gasteiger partial charge in [0.2, 0.25) is 0 Å². The Morgan fingerprint density at radius 1 is 1.00 bits per heavy atom. The summed E-state index contributed by atoms with van der Waals surface area (Å²) in [5.74, 6) is 0.742. The van der Waals surface area contributed by atoms with Crippen LogP contribution in [0.1, 0.15) is 31.4 Å². The highest BCUT2D eigenvalue weighted by molar-refractivity contribution is 5.25. The molecule has 0 saturated heterocycles. The maximum absolute atomic E-state index is 3.49. The van der Waals surface area contributed by atoms with E-state index in [9.17, 15) is 0 Å². The molecule has 0 aromatic heterocycles. The molecule has 18 heavy (non-hydrogen) atoms. The summed E-state index contributed by atoms with van der Waals surface area (Å²) in [5.41, 5.74) is 2.90. The van der Waals surface area contributed by atoms with Gasteiger partial charge in [-0.05, 0) is 49.9 Å². The van der Waals surface area contributed by atoms with Gasteiger partial charge < -0.3 is 10.6 Å². The molecule has 0 spiro atoms. The van der Waals surface area contributed by atoms with E-state index >= 15 is 0 Å². The molecule has 0 bridgehead atoms. The molecule has 0 radical (unpaired) electrons. The van der Waals surface area contributed by atoms with Crippen LogP contribution < -0.4 is 10.6 Å². The van der Waals surface area contributed by atoms with E-state index in [1.165, 1.54) is 24.0 Å². The Hall–Kier alpha value is -0.860. The molecular formula is C16H28N2. The summed E-state index contributed by atoms with van der Waals surface area (Å²) in [4.78, 5) is 0. The zero-order valence-corrected chi connectivity index (χ0v) is 12.1. The van der Waals surface area contributed by atoms with Crippen LogP contribution in [-0.2, 0) is 6.42 Å². The summed E-state index contributed by atoms with van der Waals surface area (Å²) in [6, 6.07) is 8.67. The van der Waals surface area contributed by atoms with Crippen molar-refractivity contribution in [1.29, 1.82) is 0 Å². The first kappa shape index (κ1) is 15.2. The second kappa shape index (κ2) is 9.12. The average Bonchev–Trinajstić information content (AvgIpc) is 2.34. The van der Waals surface area contributed by atoms with E-state index in [1.54, 1.807) is 0 Å². The summed E-state index contributed by atoms with van der Waals surface area (Å²) in [6.07, 6.45) is 2.40. The molecule has 2 N–H and O–H groups in total. The van der Waals surface area contributed by atoms with Crippen molar-refractivity contribution in [2.24, 2.45) is 5.92 Å². The molecule has 1 aromatic rings. The van der Waals surface area contributed by atoms with Gasteiger partial charge in [-0.2, -0.15) is 0 Å². The maximum Gasteiger partial charge on any atom is 0.00768 e. The van der Waals surface area contributed by atoms with Crippen molar-refractivity contribution in [3.63, 3.8) is 0 Å². The third-order valence-corrected chi connectivity index (χ3v) is 3.09. The molecule has 1 rings (SSSR count). The number of nitrogens with one attached hydrogen (secondary N) is 2. The van der Waals surface area contributed by atoms with Crippen LogP contribution in [0.2, 0.25) is 0 Å². The highest BCUT2D eigenvalue weighted by atomic mass is 14.9. The van der Waals surface area contributed by atoms with Crippen LogP contribution in [0.25, 0.3) is 0 Å². The fourth-order valence-corrected chi connectivity index (χ4v) is 1.99. The molecule has 2 heteroatoms. The topological polar surface area (TPSA) is 24.1 Å². The van der Waals surface area contributed by atoms with E-state index < -0.39 is 0 Å². The number of rotatable bonds is 9. The average molecular weight is 248 g/mol. The van der Waals surface area contributed by atoms with Crippen LogP contribution in [0.15, 0.2) is 24.3 Å². The van der Waals surface area contributed by atoms with Gasteiger partial charge in [0, 0.05) is 13.1 Å². The number of aryl methyl sites for hydroxylation is 2. The first-order chi connectivity index (χ1) is 8.70. The van der Waals surface area contributed by atoms with Gasteiger partial charge in [0.05, 0.1) is 0 Å². The van der Waals surface area contributed by atoms with E-state index in [0.717, 1.165) is 32.1 Å². The van der Waals surface area contributed by atoms with E-state index in [0.29, 0.717) is 0 Å². The van der Waals surface area contributed by atoms with E-state index in [1.807, 2.05) is 0 Å². The summed E-state index contributed by atoms with van der Waals surface area (Å²) >= 11 is 0. The molecule has 2 nitrogen and oxygen atoms in total. The summed E-state index contributed by atoms with van der Waals surface area (Å²) < 4.78 is 0. The third kappa shape index (κ3) is 6.77. The molecule has 0 fully saturated rings. The van der Waals surface area contributed by atoms with Crippen molar-refractivity contribution in [1.82, 2.24) is 10.6 Å². The molecule has 0 amide bonds. The molecule has 1 aromatic carbocycles. The molecule has 0 heterocycles.